The zero-order valence-corrected chi connectivity index (χ0v) is 13.4. The van der Waals surface area contributed by atoms with Crippen molar-refractivity contribution >= 4 is 16.9 Å². The van der Waals surface area contributed by atoms with Crippen molar-refractivity contribution in [1.29, 1.82) is 0 Å². The SMILES string of the molecule is NC(=O)[C@@H]1CCCN(Cc2c(-c3ccco3)[nH]c3ncccc23)C1. The van der Waals surface area contributed by atoms with Gasteiger partial charge in [0.25, 0.3) is 0 Å². The lowest BCUT2D eigenvalue weighted by molar-refractivity contribution is -0.123. The minimum atomic E-state index is -0.202. The maximum absolute atomic E-state index is 11.5. The average molecular weight is 324 g/mol. The predicted molar refractivity (Wildman–Crippen MR) is 91.0 cm³/mol. The molecule has 1 aliphatic rings. The van der Waals surface area contributed by atoms with E-state index in [0.717, 1.165) is 54.0 Å². The van der Waals surface area contributed by atoms with Gasteiger partial charge >= 0.3 is 0 Å². The number of hydrogen-bond acceptors (Lipinski definition) is 4. The van der Waals surface area contributed by atoms with E-state index >= 15 is 0 Å². The Hall–Kier alpha value is -2.60. The molecule has 1 amide bonds. The summed E-state index contributed by atoms with van der Waals surface area (Å²) in [6, 6.07) is 7.82. The van der Waals surface area contributed by atoms with Crippen molar-refractivity contribution in [3.05, 3.63) is 42.3 Å². The van der Waals surface area contributed by atoms with Crippen LogP contribution in [-0.4, -0.2) is 33.9 Å². The van der Waals surface area contributed by atoms with E-state index in [1.165, 1.54) is 0 Å². The molecular weight excluding hydrogens is 304 g/mol. The van der Waals surface area contributed by atoms with Gasteiger partial charge in [-0.25, -0.2) is 4.98 Å². The molecule has 1 fully saturated rings. The summed E-state index contributed by atoms with van der Waals surface area (Å²) in [6.45, 7) is 2.42. The summed E-state index contributed by atoms with van der Waals surface area (Å²) in [4.78, 5) is 21.6. The number of amides is 1. The monoisotopic (exact) mass is 324 g/mol. The number of aromatic nitrogens is 2. The molecule has 3 N–H and O–H groups in total. The van der Waals surface area contributed by atoms with E-state index in [9.17, 15) is 4.79 Å². The number of likely N-dealkylation sites (tertiary alicyclic amines) is 1. The first-order valence-electron chi connectivity index (χ1n) is 8.23. The summed E-state index contributed by atoms with van der Waals surface area (Å²) >= 11 is 0. The Labute approximate surface area is 139 Å². The molecule has 1 saturated heterocycles. The standard InChI is InChI=1S/C18H20N4O2/c19-17(23)12-4-2-8-22(10-12)11-14-13-5-1-7-20-18(13)21-16(14)15-6-3-9-24-15/h1,3,5-7,9,12H,2,4,8,10-11H2,(H2,19,23)(H,20,21)/t12-/m1/s1. The van der Waals surface area contributed by atoms with Crippen LogP contribution in [0.15, 0.2) is 41.1 Å². The van der Waals surface area contributed by atoms with Gasteiger partial charge in [0.15, 0.2) is 0 Å². The Morgan fingerprint density at radius 1 is 1.42 bits per heavy atom. The van der Waals surface area contributed by atoms with Gasteiger partial charge in [-0.1, -0.05) is 0 Å². The average Bonchev–Trinajstić information content (AvgIpc) is 3.23. The highest BCUT2D eigenvalue weighted by atomic mass is 16.3. The van der Waals surface area contributed by atoms with Crippen LogP contribution in [0, 0.1) is 5.92 Å². The third-order valence-corrected chi connectivity index (χ3v) is 4.74. The lowest BCUT2D eigenvalue weighted by Crippen LogP contribution is -2.40. The quantitative estimate of drug-likeness (QED) is 0.772. The Kier molecular flexibility index (Phi) is 3.82. The van der Waals surface area contributed by atoms with E-state index in [-0.39, 0.29) is 11.8 Å². The molecule has 0 saturated carbocycles. The second-order valence-corrected chi connectivity index (χ2v) is 6.33. The summed E-state index contributed by atoms with van der Waals surface area (Å²) in [6.07, 6.45) is 5.32. The Bertz CT molecular complexity index is 853. The van der Waals surface area contributed by atoms with Crippen molar-refractivity contribution in [1.82, 2.24) is 14.9 Å². The van der Waals surface area contributed by atoms with Gasteiger partial charge in [0, 0.05) is 30.2 Å². The highest BCUT2D eigenvalue weighted by Gasteiger charge is 2.26. The largest absolute Gasteiger partial charge is 0.463 e. The number of rotatable bonds is 4. The molecule has 6 nitrogen and oxygen atoms in total. The van der Waals surface area contributed by atoms with Crippen LogP contribution in [0.2, 0.25) is 0 Å². The van der Waals surface area contributed by atoms with Gasteiger partial charge in [0.05, 0.1) is 17.9 Å². The van der Waals surface area contributed by atoms with E-state index in [4.69, 9.17) is 10.2 Å². The molecule has 0 spiro atoms. The molecule has 6 heteroatoms. The van der Waals surface area contributed by atoms with Crippen LogP contribution in [0.4, 0.5) is 0 Å². The van der Waals surface area contributed by atoms with Crippen LogP contribution in [-0.2, 0) is 11.3 Å². The molecule has 3 aromatic heterocycles. The number of pyridine rings is 1. The highest BCUT2D eigenvalue weighted by molar-refractivity contribution is 5.87. The van der Waals surface area contributed by atoms with Crippen LogP contribution >= 0.6 is 0 Å². The van der Waals surface area contributed by atoms with Crippen molar-refractivity contribution in [2.24, 2.45) is 11.7 Å². The molecule has 1 atom stereocenters. The fourth-order valence-electron chi connectivity index (χ4n) is 3.53. The normalized spacial score (nSPS) is 18.9. The third-order valence-electron chi connectivity index (χ3n) is 4.74. The van der Waals surface area contributed by atoms with Crippen molar-refractivity contribution in [3.8, 4) is 11.5 Å². The first-order valence-corrected chi connectivity index (χ1v) is 8.23. The van der Waals surface area contributed by atoms with Crippen LogP contribution < -0.4 is 5.73 Å². The van der Waals surface area contributed by atoms with Crippen molar-refractivity contribution < 1.29 is 9.21 Å². The number of piperidine rings is 1. The molecule has 0 aliphatic carbocycles. The number of furan rings is 1. The summed E-state index contributed by atoms with van der Waals surface area (Å²) in [5.74, 6) is 0.534. The summed E-state index contributed by atoms with van der Waals surface area (Å²) < 4.78 is 5.59. The molecule has 0 aromatic carbocycles. The van der Waals surface area contributed by atoms with E-state index in [0.29, 0.717) is 6.54 Å². The topological polar surface area (TPSA) is 88.2 Å². The molecule has 4 heterocycles. The van der Waals surface area contributed by atoms with Crippen molar-refractivity contribution in [2.75, 3.05) is 13.1 Å². The van der Waals surface area contributed by atoms with Gasteiger partial charge in [-0.3, -0.25) is 9.69 Å². The molecule has 24 heavy (non-hydrogen) atoms. The van der Waals surface area contributed by atoms with Crippen molar-refractivity contribution in [2.45, 2.75) is 19.4 Å². The zero-order chi connectivity index (χ0) is 16.5. The van der Waals surface area contributed by atoms with Crippen molar-refractivity contribution in [3.63, 3.8) is 0 Å². The van der Waals surface area contributed by atoms with E-state index in [1.54, 1.807) is 12.5 Å². The molecule has 3 aromatic rings. The van der Waals surface area contributed by atoms with Crippen LogP contribution in [0.1, 0.15) is 18.4 Å². The van der Waals surface area contributed by atoms with Crippen LogP contribution in [0.25, 0.3) is 22.5 Å². The van der Waals surface area contributed by atoms with E-state index in [2.05, 4.69) is 20.9 Å². The lowest BCUT2D eigenvalue weighted by atomic mass is 9.97. The Balaban J connectivity index is 1.70. The fraction of sp³-hybridized carbons (Fsp3) is 0.333. The minimum absolute atomic E-state index is 0.0610. The number of nitrogens with one attached hydrogen (secondary N) is 1. The number of aromatic amines is 1. The third kappa shape index (κ3) is 2.69. The smallest absolute Gasteiger partial charge is 0.221 e. The fourth-order valence-corrected chi connectivity index (χ4v) is 3.53. The molecule has 1 aliphatic heterocycles. The maximum atomic E-state index is 11.5. The van der Waals surface area contributed by atoms with Gasteiger partial charge < -0.3 is 15.1 Å². The number of H-pyrrole nitrogens is 1. The first-order chi connectivity index (χ1) is 11.7. The molecular formula is C18H20N4O2. The second-order valence-electron chi connectivity index (χ2n) is 6.33. The molecule has 4 rings (SSSR count). The number of hydrogen-bond donors (Lipinski definition) is 2. The predicted octanol–water partition coefficient (Wildman–Crippen LogP) is 2.52. The number of nitrogens with two attached hydrogens (primary N) is 1. The molecule has 0 unspecified atom stereocenters. The summed E-state index contributed by atoms with van der Waals surface area (Å²) in [7, 11) is 0. The van der Waals surface area contributed by atoms with Gasteiger partial charge in [-0.15, -0.1) is 0 Å². The lowest BCUT2D eigenvalue weighted by Gasteiger charge is -2.31. The van der Waals surface area contributed by atoms with Gasteiger partial charge in [0.1, 0.15) is 11.4 Å². The number of nitrogens with zero attached hydrogens (tertiary/aromatic N) is 2. The van der Waals surface area contributed by atoms with E-state index < -0.39 is 0 Å². The highest BCUT2D eigenvalue weighted by Crippen LogP contribution is 2.31. The molecule has 124 valence electrons. The number of carbonyl (C=O) groups is 1. The Morgan fingerprint density at radius 3 is 3.12 bits per heavy atom. The first kappa shape index (κ1) is 15.0. The summed E-state index contributed by atoms with van der Waals surface area (Å²) in [5.41, 5.74) is 8.46. The second kappa shape index (κ2) is 6.13. The summed E-state index contributed by atoms with van der Waals surface area (Å²) in [5, 5.41) is 1.09. The number of carbonyl (C=O) groups excluding carboxylic acids is 1. The minimum Gasteiger partial charge on any atom is -0.463 e. The van der Waals surface area contributed by atoms with Gasteiger partial charge in [-0.05, 0) is 43.7 Å². The Morgan fingerprint density at radius 2 is 2.33 bits per heavy atom. The van der Waals surface area contributed by atoms with Gasteiger partial charge in [0.2, 0.25) is 5.91 Å². The zero-order valence-electron chi connectivity index (χ0n) is 13.4. The molecule has 0 bridgehead atoms. The van der Waals surface area contributed by atoms with Crippen LogP contribution in [0.3, 0.4) is 0 Å². The van der Waals surface area contributed by atoms with Gasteiger partial charge in [-0.2, -0.15) is 0 Å². The number of primary amides is 1. The number of fused-ring (bicyclic) bond motifs is 1. The maximum Gasteiger partial charge on any atom is 0.221 e. The van der Waals surface area contributed by atoms with Crippen LogP contribution in [0.5, 0.6) is 0 Å². The molecule has 0 radical (unpaired) electrons. The van der Waals surface area contributed by atoms with E-state index in [1.807, 2.05) is 18.2 Å².